The molecule has 0 spiro atoms. The Bertz CT molecular complexity index is 905. The van der Waals surface area contributed by atoms with Gasteiger partial charge in [-0.1, -0.05) is 0 Å². The highest BCUT2D eigenvalue weighted by molar-refractivity contribution is 6.12. The van der Waals surface area contributed by atoms with Gasteiger partial charge in [0.25, 0.3) is 5.91 Å². The lowest BCUT2D eigenvalue weighted by Gasteiger charge is -2.23. The van der Waals surface area contributed by atoms with Gasteiger partial charge in [0.2, 0.25) is 0 Å². The minimum atomic E-state index is -0.429. The number of carbonyl (C=O) groups is 2. The maximum Gasteiger partial charge on any atom is 0.330 e. The number of hydrogen-bond donors (Lipinski definition) is 1. The number of fused-ring (bicyclic) bond motifs is 2. The number of esters is 1. The van der Waals surface area contributed by atoms with E-state index in [2.05, 4.69) is 15.3 Å². The Morgan fingerprint density at radius 3 is 2.88 bits per heavy atom. The maximum absolute atomic E-state index is 12.7. The fourth-order valence-electron chi connectivity index (χ4n) is 2.99. The van der Waals surface area contributed by atoms with Gasteiger partial charge in [0.15, 0.2) is 5.82 Å². The minimum absolute atomic E-state index is 0.240. The molecule has 0 unspecified atom stereocenters. The first kappa shape index (κ1) is 16.3. The topological polar surface area (TPSA) is 84.4 Å². The van der Waals surface area contributed by atoms with Gasteiger partial charge in [-0.3, -0.25) is 4.79 Å². The quantitative estimate of drug-likeness (QED) is 0.674. The number of nitrogens with one attached hydrogen (secondary N) is 1. The highest BCUT2D eigenvalue weighted by Crippen LogP contribution is 2.43. The normalized spacial score (nSPS) is 15.9. The van der Waals surface area contributed by atoms with Gasteiger partial charge in [0, 0.05) is 30.1 Å². The van der Waals surface area contributed by atoms with Crippen molar-refractivity contribution in [1.82, 2.24) is 9.97 Å². The van der Waals surface area contributed by atoms with Crippen molar-refractivity contribution in [2.75, 3.05) is 16.8 Å². The molecule has 1 aliphatic heterocycles. The summed E-state index contributed by atoms with van der Waals surface area (Å²) < 4.78 is 4.92. The molecular formula is C19H18N4O3. The number of nitrogens with zero attached hydrogens (tertiary/aromatic N) is 3. The second kappa shape index (κ2) is 6.59. The van der Waals surface area contributed by atoms with E-state index < -0.39 is 5.97 Å². The van der Waals surface area contributed by atoms with E-state index in [4.69, 9.17) is 4.74 Å². The lowest BCUT2D eigenvalue weighted by molar-refractivity contribution is -0.137. The molecule has 1 saturated carbocycles. The largest absolute Gasteiger partial charge is 0.463 e. The summed E-state index contributed by atoms with van der Waals surface area (Å²) in [4.78, 5) is 35.3. The lowest BCUT2D eigenvalue weighted by Crippen LogP contribution is -2.22. The smallest absolute Gasteiger partial charge is 0.330 e. The van der Waals surface area contributed by atoms with Gasteiger partial charge < -0.3 is 15.0 Å². The van der Waals surface area contributed by atoms with Crippen molar-refractivity contribution in [2.24, 2.45) is 0 Å². The van der Waals surface area contributed by atoms with Crippen molar-refractivity contribution in [3.8, 4) is 0 Å². The van der Waals surface area contributed by atoms with Crippen LogP contribution in [0.3, 0.4) is 0 Å². The number of amides is 1. The summed E-state index contributed by atoms with van der Waals surface area (Å²) in [6.45, 7) is 2.06. The number of aromatic nitrogens is 2. The first-order valence-electron chi connectivity index (χ1n) is 8.58. The number of carbonyl (C=O) groups excluding carboxylic acids is 2. The SMILES string of the molecule is CCOC(=O)/C=C\c1ccnc2c1NC(=O)c1cccnc1N2C1CC1. The predicted molar refractivity (Wildman–Crippen MR) is 97.3 cm³/mol. The lowest BCUT2D eigenvalue weighted by atomic mass is 10.2. The number of ether oxygens (including phenoxy) is 1. The van der Waals surface area contributed by atoms with Crippen LogP contribution in [0, 0.1) is 0 Å². The number of anilines is 3. The molecule has 0 bridgehead atoms. The van der Waals surface area contributed by atoms with Crippen molar-refractivity contribution < 1.29 is 14.3 Å². The van der Waals surface area contributed by atoms with Crippen molar-refractivity contribution in [2.45, 2.75) is 25.8 Å². The fourth-order valence-corrected chi connectivity index (χ4v) is 2.99. The molecule has 4 rings (SSSR count). The van der Waals surface area contributed by atoms with Gasteiger partial charge in [0.05, 0.1) is 17.9 Å². The second-order valence-corrected chi connectivity index (χ2v) is 6.11. The molecule has 7 heteroatoms. The van der Waals surface area contributed by atoms with Crippen molar-refractivity contribution in [3.63, 3.8) is 0 Å². The summed E-state index contributed by atoms with van der Waals surface area (Å²) in [5, 5.41) is 2.93. The molecule has 0 radical (unpaired) electrons. The van der Waals surface area contributed by atoms with Crippen LogP contribution in [0.5, 0.6) is 0 Å². The molecule has 0 aromatic carbocycles. The summed E-state index contributed by atoms with van der Waals surface area (Å²) in [6.07, 6.45) is 8.37. The molecular weight excluding hydrogens is 332 g/mol. The first-order chi connectivity index (χ1) is 12.7. The number of rotatable bonds is 4. The third-order valence-corrected chi connectivity index (χ3v) is 4.29. The van der Waals surface area contributed by atoms with Crippen LogP contribution in [0.1, 0.15) is 35.7 Å². The summed E-state index contributed by atoms with van der Waals surface area (Å²) >= 11 is 0. The van der Waals surface area contributed by atoms with Gasteiger partial charge in [-0.15, -0.1) is 0 Å². The van der Waals surface area contributed by atoms with Crippen molar-refractivity contribution >= 4 is 35.3 Å². The van der Waals surface area contributed by atoms with Gasteiger partial charge in [0.1, 0.15) is 5.82 Å². The second-order valence-electron chi connectivity index (χ2n) is 6.11. The molecule has 1 amide bonds. The summed E-state index contributed by atoms with van der Waals surface area (Å²) in [5.74, 6) is 0.591. The molecule has 2 aliphatic rings. The Hall–Kier alpha value is -3.22. The fraction of sp³-hybridized carbons (Fsp3) is 0.263. The van der Waals surface area contributed by atoms with Crippen LogP contribution in [-0.2, 0) is 9.53 Å². The van der Waals surface area contributed by atoms with Crippen molar-refractivity contribution in [3.05, 3.63) is 47.8 Å². The van der Waals surface area contributed by atoms with Crippen LogP contribution in [0.15, 0.2) is 36.7 Å². The molecule has 26 heavy (non-hydrogen) atoms. The van der Waals surface area contributed by atoms with E-state index in [1.54, 1.807) is 43.6 Å². The molecule has 0 atom stereocenters. The van der Waals surface area contributed by atoms with Crippen LogP contribution in [0.2, 0.25) is 0 Å². The summed E-state index contributed by atoms with van der Waals surface area (Å²) in [6, 6.07) is 5.53. The van der Waals surface area contributed by atoms with Crippen molar-refractivity contribution in [1.29, 1.82) is 0 Å². The molecule has 1 N–H and O–H groups in total. The van der Waals surface area contributed by atoms with Gasteiger partial charge in [-0.05, 0) is 44.0 Å². The highest BCUT2D eigenvalue weighted by atomic mass is 16.5. The van der Waals surface area contributed by atoms with Crippen LogP contribution < -0.4 is 10.2 Å². The van der Waals surface area contributed by atoms with E-state index in [0.717, 1.165) is 12.8 Å². The van der Waals surface area contributed by atoms with E-state index in [-0.39, 0.29) is 11.9 Å². The zero-order valence-electron chi connectivity index (χ0n) is 14.3. The third-order valence-electron chi connectivity index (χ3n) is 4.29. The maximum atomic E-state index is 12.7. The summed E-state index contributed by atoms with van der Waals surface area (Å²) in [5.41, 5.74) is 1.77. The van der Waals surface area contributed by atoms with Gasteiger partial charge in [-0.2, -0.15) is 0 Å². The molecule has 7 nitrogen and oxygen atoms in total. The molecule has 132 valence electrons. The van der Waals surface area contributed by atoms with Crippen LogP contribution in [0.4, 0.5) is 17.3 Å². The zero-order chi connectivity index (χ0) is 18.1. The van der Waals surface area contributed by atoms with Gasteiger partial charge in [-0.25, -0.2) is 14.8 Å². The molecule has 1 aliphatic carbocycles. The monoisotopic (exact) mass is 350 g/mol. The Morgan fingerprint density at radius 1 is 1.31 bits per heavy atom. The minimum Gasteiger partial charge on any atom is -0.463 e. The van der Waals surface area contributed by atoms with Crippen LogP contribution in [-0.4, -0.2) is 34.5 Å². The number of hydrogen-bond acceptors (Lipinski definition) is 6. The van der Waals surface area contributed by atoms with Crippen LogP contribution >= 0.6 is 0 Å². The van der Waals surface area contributed by atoms with Gasteiger partial charge >= 0.3 is 5.97 Å². The predicted octanol–water partition coefficient (Wildman–Crippen LogP) is 2.92. The zero-order valence-corrected chi connectivity index (χ0v) is 14.3. The molecule has 0 saturated heterocycles. The molecule has 2 aromatic heterocycles. The highest BCUT2D eigenvalue weighted by Gasteiger charge is 2.38. The summed E-state index contributed by atoms with van der Waals surface area (Å²) in [7, 11) is 0. The third kappa shape index (κ3) is 2.92. The van der Waals surface area contributed by atoms with E-state index >= 15 is 0 Å². The Balaban J connectivity index is 1.81. The molecule has 2 aromatic rings. The van der Waals surface area contributed by atoms with E-state index in [1.165, 1.54) is 6.08 Å². The van der Waals surface area contributed by atoms with E-state index in [1.807, 2.05) is 4.90 Å². The van der Waals surface area contributed by atoms with E-state index in [0.29, 0.717) is 35.1 Å². The Kier molecular flexibility index (Phi) is 4.12. The molecule has 3 heterocycles. The average molecular weight is 350 g/mol. The van der Waals surface area contributed by atoms with E-state index in [9.17, 15) is 9.59 Å². The average Bonchev–Trinajstić information content (AvgIpc) is 3.47. The first-order valence-corrected chi connectivity index (χ1v) is 8.58. The Labute approximate surface area is 150 Å². The molecule has 1 fully saturated rings. The van der Waals surface area contributed by atoms with Crippen LogP contribution in [0.25, 0.3) is 6.08 Å². The standard InChI is InChI=1S/C19H18N4O3/c1-2-26-15(24)8-5-12-9-11-21-18-16(12)22-19(25)14-4-3-10-20-17(14)23(18)13-6-7-13/h3-5,8-11,13H,2,6-7H2,1H3,(H,22,25)/b8-5-. The Morgan fingerprint density at radius 2 is 2.12 bits per heavy atom. The number of pyridine rings is 2.